The molecule has 3 atom stereocenters. The Morgan fingerprint density at radius 1 is 1.20 bits per heavy atom. The van der Waals surface area contributed by atoms with Gasteiger partial charge in [-0.1, -0.05) is 0 Å². The van der Waals surface area contributed by atoms with Gasteiger partial charge in [0.1, 0.15) is 12.2 Å². The summed E-state index contributed by atoms with van der Waals surface area (Å²) in [6.07, 6.45) is -3.33. The summed E-state index contributed by atoms with van der Waals surface area (Å²) in [5.41, 5.74) is 0. The fraction of sp³-hybridized carbons (Fsp3) is 0.667. The van der Waals surface area contributed by atoms with E-state index >= 15 is 0 Å². The molecule has 1 N–H and O–H groups in total. The molecule has 0 aromatic carbocycles. The van der Waals surface area contributed by atoms with Gasteiger partial charge in [0, 0.05) is 0 Å². The monoisotopic (exact) mass is 215 g/mol. The van der Waals surface area contributed by atoms with Gasteiger partial charge >= 0.3 is 11.9 Å². The van der Waals surface area contributed by atoms with Crippen LogP contribution >= 0.6 is 0 Å². The number of hydrogen-bond acceptors (Lipinski definition) is 6. The Kier molecular flexibility index (Phi) is 5.34. The highest BCUT2D eigenvalue weighted by Crippen LogP contribution is 2.00. The van der Waals surface area contributed by atoms with Crippen molar-refractivity contribution in [1.29, 1.82) is 5.26 Å². The lowest BCUT2D eigenvalue weighted by Crippen LogP contribution is -2.32. The number of esters is 2. The number of carbonyl (C=O) groups is 2. The second-order valence-corrected chi connectivity index (χ2v) is 2.96. The molecule has 84 valence electrons. The Hall–Kier alpha value is -1.61. The quantitative estimate of drug-likeness (QED) is 0.650. The maximum atomic E-state index is 11.1. The van der Waals surface area contributed by atoms with Gasteiger partial charge in [-0.2, -0.15) is 5.26 Å². The molecule has 0 radical (unpaired) electrons. The summed E-state index contributed by atoms with van der Waals surface area (Å²) in [5.74, 6) is -1.73. The van der Waals surface area contributed by atoms with Crippen LogP contribution in [0.2, 0.25) is 0 Å². The van der Waals surface area contributed by atoms with Gasteiger partial charge in [-0.15, -0.1) is 0 Å². The van der Waals surface area contributed by atoms with Crippen molar-refractivity contribution in [2.75, 3.05) is 0 Å². The highest BCUT2D eigenvalue weighted by molar-refractivity contribution is 5.80. The zero-order valence-corrected chi connectivity index (χ0v) is 8.76. The Labute approximate surface area is 87.4 Å². The van der Waals surface area contributed by atoms with Crippen LogP contribution in [0.5, 0.6) is 0 Å². The molecule has 0 aliphatic heterocycles. The highest BCUT2D eigenvalue weighted by Gasteiger charge is 2.23. The molecule has 3 unspecified atom stereocenters. The van der Waals surface area contributed by atoms with E-state index in [1.807, 2.05) is 0 Å². The van der Waals surface area contributed by atoms with Crippen LogP contribution in [-0.2, 0) is 19.1 Å². The van der Waals surface area contributed by atoms with E-state index in [9.17, 15) is 9.59 Å². The number of ether oxygens (including phenoxy) is 2. The smallest absolute Gasteiger partial charge is 0.348 e. The Bertz CT molecular complexity index is 281. The molecule has 0 rings (SSSR count). The number of aliphatic hydroxyl groups is 1. The molecule has 0 fully saturated rings. The van der Waals surface area contributed by atoms with Gasteiger partial charge < -0.3 is 14.6 Å². The van der Waals surface area contributed by atoms with E-state index in [1.54, 1.807) is 6.07 Å². The summed E-state index contributed by atoms with van der Waals surface area (Å²) in [4.78, 5) is 22.0. The molecule has 6 nitrogen and oxygen atoms in total. The van der Waals surface area contributed by atoms with Crippen molar-refractivity contribution < 1.29 is 24.2 Å². The molecule has 0 spiro atoms. The number of aliphatic hydroxyl groups excluding tert-OH is 1. The van der Waals surface area contributed by atoms with E-state index in [1.165, 1.54) is 20.8 Å². The first-order valence-electron chi connectivity index (χ1n) is 4.37. The number of rotatable bonds is 4. The fourth-order valence-electron chi connectivity index (χ4n) is 0.617. The lowest BCUT2D eigenvalue weighted by atomic mass is 10.3. The Morgan fingerprint density at radius 3 is 2.13 bits per heavy atom. The van der Waals surface area contributed by atoms with Crippen LogP contribution < -0.4 is 0 Å². The number of hydrogen-bond donors (Lipinski definition) is 1. The molecule has 0 aliphatic rings. The van der Waals surface area contributed by atoms with Gasteiger partial charge in [0.25, 0.3) is 0 Å². The van der Waals surface area contributed by atoms with Crippen molar-refractivity contribution in [1.82, 2.24) is 0 Å². The minimum Gasteiger partial charge on any atom is -0.449 e. The van der Waals surface area contributed by atoms with Gasteiger partial charge in [-0.3, -0.25) is 0 Å². The van der Waals surface area contributed by atoms with Crippen LogP contribution in [0.4, 0.5) is 0 Å². The Balaban J connectivity index is 4.12. The second-order valence-electron chi connectivity index (χ2n) is 2.96. The molecule has 0 heterocycles. The van der Waals surface area contributed by atoms with Crippen LogP contribution in [0, 0.1) is 11.3 Å². The normalized spacial score (nSPS) is 15.7. The van der Waals surface area contributed by atoms with Crippen molar-refractivity contribution in [3.63, 3.8) is 0 Å². The highest BCUT2D eigenvalue weighted by atomic mass is 16.6. The third-order valence-corrected chi connectivity index (χ3v) is 1.44. The molecule has 6 heteroatoms. The van der Waals surface area contributed by atoms with E-state index < -0.39 is 30.3 Å². The second kappa shape index (κ2) is 5.98. The first-order chi connectivity index (χ1) is 6.88. The molecule has 0 aromatic rings. The zero-order valence-electron chi connectivity index (χ0n) is 8.76. The molecule has 0 bridgehead atoms. The maximum Gasteiger partial charge on any atom is 0.348 e. The first kappa shape index (κ1) is 13.4. The lowest BCUT2D eigenvalue weighted by molar-refractivity contribution is -0.172. The van der Waals surface area contributed by atoms with Crippen molar-refractivity contribution in [3.8, 4) is 6.07 Å². The molecule has 0 saturated heterocycles. The average molecular weight is 215 g/mol. The largest absolute Gasteiger partial charge is 0.449 e. The van der Waals surface area contributed by atoms with E-state index in [0.29, 0.717) is 0 Å². The minimum atomic E-state index is -1.30. The van der Waals surface area contributed by atoms with Gasteiger partial charge in [0.2, 0.25) is 0 Å². The molecular formula is C9H13NO5. The van der Waals surface area contributed by atoms with Gasteiger partial charge in [0.15, 0.2) is 12.2 Å². The predicted octanol–water partition coefficient (Wildman–Crippen LogP) is -0.246. The third-order valence-electron chi connectivity index (χ3n) is 1.44. The molecule has 0 saturated carbocycles. The van der Waals surface area contributed by atoms with Crippen LogP contribution in [0.3, 0.4) is 0 Å². The lowest BCUT2D eigenvalue weighted by Gasteiger charge is -2.14. The van der Waals surface area contributed by atoms with Crippen molar-refractivity contribution in [2.45, 2.75) is 39.1 Å². The summed E-state index contributed by atoms with van der Waals surface area (Å²) < 4.78 is 9.13. The summed E-state index contributed by atoms with van der Waals surface area (Å²) in [7, 11) is 0. The number of nitriles is 1. The van der Waals surface area contributed by atoms with E-state index in [-0.39, 0.29) is 0 Å². The molecule has 15 heavy (non-hydrogen) atoms. The molecule has 0 aromatic heterocycles. The number of nitrogens with zero attached hydrogens (tertiary/aromatic N) is 1. The van der Waals surface area contributed by atoms with Crippen LogP contribution in [0.15, 0.2) is 0 Å². The topological polar surface area (TPSA) is 96.6 Å². The summed E-state index contributed by atoms with van der Waals surface area (Å²) in [6.45, 7) is 3.91. The average Bonchev–Trinajstić information content (AvgIpc) is 2.16. The van der Waals surface area contributed by atoms with Gasteiger partial charge in [0.05, 0.1) is 0 Å². The third kappa shape index (κ3) is 4.98. The van der Waals surface area contributed by atoms with Crippen molar-refractivity contribution in [3.05, 3.63) is 0 Å². The standard InChI is InChI=1S/C9H13NO5/c1-5(4-10)14-9(13)7(3)15-8(12)6(2)11/h5-7,11H,1-3H3. The molecule has 0 aliphatic carbocycles. The SMILES string of the molecule is CC(C#N)OC(=O)C(C)OC(=O)C(C)O. The minimum absolute atomic E-state index is 0.821. The fourth-order valence-corrected chi connectivity index (χ4v) is 0.617. The molecular weight excluding hydrogens is 202 g/mol. The van der Waals surface area contributed by atoms with Gasteiger partial charge in [-0.05, 0) is 20.8 Å². The predicted molar refractivity (Wildman–Crippen MR) is 48.4 cm³/mol. The first-order valence-corrected chi connectivity index (χ1v) is 4.37. The zero-order chi connectivity index (χ0) is 12.0. The van der Waals surface area contributed by atoms with E-state index in [4.69, 9.17) is 10.4 Å². The van der Waals surface area contributed by atoms with Crippen molar-refractivity contribution >= 4 is 11.9 Å². The van der Waals surface area contributed by atoms with Gasteiger partial charge in [-0.25, -0.2) is 9.59 Å². The molecule has 0 amide bonds. The van der Waals surface area contributed by atoms with E-state index in [0.717, 1.165) is 0 Å². The van der Waals surface area contributed by atoms with Crippen LogP contribution in [0.1, 0.15) is 20.8 Å². The Morgan fingerprint density at radius 2 is 1.73 bits per heavy atom. The van der Waals surface area contributed by atoms with E-state index in [2.05, 4.69) is 9.47 Å². The van der Waals surface area contributed by atoms with Crippen LogP contribution in [-0.4, -0.2) is 35.4 Å². The van der Waals surface area contributed by atoms with Crippen molar-refractivity contribution in [2.24, 2.45) is 0 Å². The summed E-state index contributed by atoms with van der Waals surface area (Å²) >= 11 is 0. The van der Waals surface area contributed by atoms with Crippen LogP contribution in [0.25, 0.3) is 0 Å². The summed E-state index contributed by atoms with van der Waals surface area (Å²) in [5, 5.41) is 17.2. The number of carbonyl (C=O) groups excluding carboxylic acids is 2. The summed E-state index contributed by atoms with van der Waals surface area (Å²) in [6, 6.07) is 1.69. The maximum absolute atomic E-state index is 11.1.